The van der Waals surface area contributed by atoms with Crippen molar-refractivity contribution in [2.75, 3.05) is 13.6 Å². The van der Waals surface area contributed by atoms with Gasteiger partial charge in [-0.15, -0.1) is 0 Å². The Labute approximate surface area is 191 Å². The lowest BCUT2D eigenvalue weighted by Gasteiger charge is -2.28. The van der Waals surface area contributed by atoms with Crippen LogP contribution in [0.1, 0.15) is 17.2 Å². The van der Waals surface area contributed by atoms with Crippen molar-refractivity contribution in [1.29, 1.82) is 0 Å². The Kier molecular flexibility index (Phi) is 6.60. The van der Waals surface area contributed by atoms with Gasteiger partial charge in [-0.1, -0.05) is 42.5 Å². The smallest absolute Gasteiger partial charge is 0.407 e. The molecule has 4 aromatic rings. The molecule has 0 bridgehead atoms. The number of likely N-dealkylation sites (N-methyl/N-ethyl adjacent to an activating group) is 1. The standard InChI is InChI=1S/C26H25FN2O4/c1-28(26(31)32)16-24(30)25(19-7-3-2-4-8-19)29-13-12-20-15-22(10-11-23(20)29)33-17-18-6-5-9-21(27)14-18/h2-15,24-25,30H,16-17H2,1H3,(H,31,32)/t24-,25+/m1/s1. The van der Waals surface area contributed by atoms with Gasteiger partial charge in [0.2, 0.25) is 0 Å². The predicted molar refractivity (Wildman–Crippen MR) is 124 cm³/mol. The topological polar surface area (TPSA) is 74.9 Å². The number of aliphatic hydroxyl groups is 1. The lowest BCUT2D eigenvalue weighted by molar-refractivity contribution is 0.0850. The summed E-state index contributed by atoms with van der Waals surface area (Å²) in [6.07, 6.45) is -0.186. The van der Waals surface area contributed by atoms with Gasteiger partial charge in [-0.2, -0.15) is 0 Å². The summed E-state index contributed by atoms with van der Waals surface area (Å²) in [4.78, 5) is 12.4. The van der Waals surface area contributed by atoms with E-state index in [9.17, 15) is 19.4 Å². The van der Waals surface area contributed by atoms with Crippen LogP contribution in [-0.4, -0.2) is 45.5 Å². The van der Waals surface area contributed by atoms with E-state index in [1.165, 1.54) is 19.2 Å². The molecule has 2 N–H and O–H groups in total. The van der Waals surface area contributed by atoms with E-state index in [2.05, 4.69) is 0 Å². The van der Waals surface area contributed by atoms with E-state index in [0.29, 0.717) is 5.75 Å². The van der Waals surface area contributed by atoms with Gasteiger partial charge < -0.3 is 24.4 Å². The largest absolute Gasteiger partial charge is 0.489 e. The van der Waals surface area contributed by atoms with Gasteiger partial charge in [0, 0.05) is 24.1 Å². The molecule has 0 aliphatic rings. The molecule has 3 aromatic carbocycles. The van der Waals surface area contributed by atoms with Crippen LogP contribution in [0.15, 0.2) is 85.1 Å². The number of hydrogen-bond donors (Lipinski definition) is 2. The molecule has 0 aliphatic heterocycles. The van der Waals surface area contributed by atoms with E-state index in [1.807, 2.05) is 65.4 Å². The van der Waals surface area contributed by atoms with Gasteiger partial charge in [0.15, 0.2) is 0 Å². The molecule has 1 heterocycles. The van der Waals surface area contributed by atoms with Crippen LogP contribution in [0.5, 0.6) is 5.75 Å². The fourth-order valence-corrected chi connectivity index (χ4v) is 3.94. The van der Waals surface area contributed by atoms with Crippen molar-refractivity contribution < 1.29 is 24.1 Å². The molecule has 2 atom stereocenters. The number of amides is 1. The Balaban J connectivity index is 1.62. The molecule has 1 amide bonds. The van der Waals surface area contributed by atoms with E-state index in [-0.39, 0.29) is 19.0 Å². The third-order valence-corrected chi connectivity index (χ3v) is 5.58. The van der Waals surface area contributed by atoms with Crippen LogP contribution >= 0.6 is 0 Å². The van der Waals surface area contributed by atoms with Crippen molar-refractivity contribution in [3.05, 3.63) is 102 Å². The molecule has 0 spiro atoms. The highest BCUT2D eigenvalue weighted by atomic mass is 19.1. The van der Waals surface area contributed by atoms with Crippen LogP contribution in [-0.2, 0) is 6.61 Å². The Morgan fingerprint density at radius 3 is 2.58 bits per heavy atom. The van der Waals surface area contributed by atoms with Crippen LogP contribution in [0.25, 0.3) is 10.9 Å². The first-order chi connectivity index (χ1) is 15.9. The van der Waals surface area contributed by atoms with Gasteiger partial charge in [-0.05, 0) is 47.5 Å². The molecule has 0 aliphatic carbocycles. The van der Waals surface area contributed by atoms with Crippen LogP contribution in [0, 0.1) is 5.82 Å². The summed E-state index contributed by atoms with van der Waals surface area (Å²) in [5, 5.41) is 21.2. The molecule has 0 fully saturated rings. The maximum Gasteiger partial charge on any atom is 0.407 e. The number of carbonyl (C=O) groups is 1. The number of aromatic nitrogens is 1. The maximum absolute atomic E-state index is 13.4. The van der Waals surface area contributed by atoms with Gasteiger partial charge in [0.25, 0.3) is 0 Å². The van der Waals surface area contributed by atoms with Crippen molar-refractivity contribution >= 4 is 17.0 Å². The molecule has 6 nitrogen and oxygen atoms in total. The Morgan fingerprint density at radius 2 is 1.85 bits per heavy atom. The number of halogens is 1. The highest BCUT2D eigenvalue weighted by molar-refractivity contribution is 5.82. The molecular weight excluding hydrogens is 423 g/mol. The maximum atomic E-state index is 13.4. The molecule has 4 rings (SSSR count). The summed E-state index contributed by atoms with van der Waals surface area (Å²) in [6, 6.07) is 22.8. The minimum Gasteiger partial charge on any atom is -0.489 e. The average Bonchev–Trinajstić information content (AvgIpc) is 3.21. The Morgan fingerprint density at radius 1 is 1.06 bits per heavy atom. The van der Waals surface area contributed by atoms with Crippen molar-refractivity contribution in [2.24, 2.45) is 0 Å². The van der Waals surface area contributed by atoms with E-state index in [1.54, 1.807) is 12.1 Å². The highest BCUT2D eigenvalue weighted by Crippen LogP contribution is 2.30. The molecule has 33 heavy (non-hydrogen) atoms. The lowest BCUT2D eigenvalue weighted by atomic mass is 10.0. The third-order valence-electron chi connectivity index (χ3n) is 5.58. The van der Waals surface area contributed by atoms with Crippen molar-refractivity contribution in [2.45, 2.75) is 18.8 Å². The fraction of sp³-hybridized carbons (Fsp3) is 0.192. The Bertz CT molecular complexity index is 1240. The van der Waals surface area contributed by atoms with Crippen LogP contribution in [0.3, 0.4) is 0 Å². The first-order valence-electron chi connectivity index (χ1n) is 10.6. The number of aliphatic hydroxyl groups excluding tert-OH is 1. The monoisotopic (exact) mass is 448 g/mol. The van der Waals surface area contributed by atoms with Gasteiger partial charge in [0.1, 0.15) is 18.2 Å². The minimum atomic E-state index is -1.10. The summed E-state index contributed by atoms with van der Waals surface area (Å²) >= 11 is 0. The van der Waals surface area contributed by atoms with Gasteiger partial charge in [0.05, 0.1) is 18.7 Å². The van der Waals surface area contributed by atoms with Crippen LogP contribution in [0.4, 0.5) is 9.18 Å². The summed E-state index contributed by atoms with van der Waals surface area (Å²) in [5.74, 6) is 0.342. The second kappa shape index (κ2) is 9.75. The molecule has 0 radical (unpaired) electrons. The molecule has 170 valence electrons. The SMILES string of the molecule is CN(C[C@@H](O)[C@H](c1ccccc1)n1ccc2cc(OCc3cccc(F)c3)ccc21)C(=O)O. The van der Waals surface area contributed by atoms with Crippen molar-refractivity contribution in [3.8, 4) is 5.75 Å². The zero-order chi connectivity index (χ0) is 23.4. The van der Waals surface area contributed by atoms with E-state index in [0.717, 1.165) is 26.9 Å². The Hall–Kier alpha value is -3.84. The summed E-state index contributed by atoms with van der Waals surface area (Å²) < 4.78 is 21.2. The normalized spacial score (nSPS) is 12.9. The number of benzene rings is 3. The number of carboxylic acid groups (broad SMARTS) is 1. The second-order valence-corrected chi connectivity index (χ2v) is 7.95. The minimum absolute atomic E-state index is 0.0383. The molecular formula is C26H25FN2O4. The zero-order valence-electron chi connectivity index (χ0n) is 18.1. The van der Waals surface area contributed by atoms with Gasteiger partial charge in [-0.3, -0.25) is 0 Å². The quantitative estimate of drug-likeness (QED) is 0.401. The van der Waals surface area contributed by atoms with E-state index < -0.39 is 18.2 Å². The summed E-state index contributed by atoms with van der Waals surface area (Å²) in [7, 11) is 1.43. The molecule has 1 aromatic heterocycles. The highest BCUT2D eigenvalue weighted by Gasteiger charge is 2.26. The van der Waals surface area contributed by atoms with Gasteiger partial charge in [-0.25, -0.2) is 9.18 Å². The number of rotatable bonds is 8. The molecule has 0 saturated heterocycles. The molecule has 7 heteroatoms. The predicted octanol–water partition coefficient (Wildman–Crippen LogP) is 4.92. The fourth-order valence-electron chi connectivity index (χ4n) is 3.94. The number of fused-ring (bicyclic) bond motifs is 1. The van der Waals surface area contributed by atoms with Gasteiger partial charge >= 0.3 is 6.09 Å². The van der Waals surface area contributed by atoms with E-state index >= 15 is 0 Å². The first-order valence-corrected chi connectivity index (χ1v) is 10.6. The number of nitrogens with zero attached hydrogens (tertiary/aromatic N) is 2. The molecule has 0 unspecified atom stereocenters. The number of hydrogen-bond acceptors (Lipinski definition) is 3. The van der Waals surface area contributed by atoms with Crippen LogP contribution < -0.4 is 4.74 Å². The zero-order valence-corrected chi connectivity index (χ0v) is 18.1. The lowest BCUT2D eigenvalue weighted by Crippen LogP contribution is -2.38. The van der Waals surface area contributed by atoms with Crippen molar-refractivity contribution in [1.82, 2.24) is 9.47 Å². The first kappa shape index (κ1) is 22.4. The summed E-state index contributed by atoms with van der Waals surface area (Å²) in [6.45, 7) is 0.209. The molecule has 0 saturated carbocycles. The third kappa shape index (κ3) is 5.15. The summed E-state index contributed by atoms with van der Waals surface area (Å²) in [5.41, 5.74) is 2.48. The second-order valence-electron chi connectivity index (χ2n) is 7.95. The average molecular weight is 448 g/mol. The van der Waals surface area contributed by atoms with Crippen molar-refractivity contribution in [3.63, 3.8) is 0 Å². The van der Waals surface area contributed by atoms with Crippen LogP contribution in [0.2, 0.25) is 0 Å². The van der Waals surface area contributed by atoms with E-state index in [4.69, 9.17) is 4.74 Å². The number of ether oxygens (including phenoxy) is 1.